The van der Waals surface area contributed by atoms with Crippen LogP contribution in [0.4, 0.5) is 0 Å². The third kappa shape index (κ3) is 5.98. The van der Waals surface area contributed by atoms with Gasteiger partial charge in [0.15, 0.2) is 0 Å². The van der Waals surface area contributed by atoms with Crippen molar-refractivity contribution in [2.75, 3.05) is 6.61 Å². The maximum Gasteiger partial charge on any atom is 0.0614 e. The minimum atomic E-state index is 0.171. The number of hydrogen-bond acceptors (Lipinski definition) is 1. The lowest BCUT2D eigenvalue weighted by molar-refractivity contribution is -0.0539. The highest BCUT2D eigenvalue weighted by Crippen LogP contribution is 2.61. The maximum absolute atomic E-state index is 9.04. The SMILES string of the molecule is C=C1CCC2C(C)(C)CCCC2(C)C1CC/C(C)=C/CO.CC.CC. The topological polar surface area (TPSA) is 20.2 Å². The van der Waals surface area contributed by atoms with E-state index in [1.54, 1.807) is 0 Å². The van der Waals surface area contributed by atoms with Gasteiger partial charge < -0.3 is 5.11 Å². The Kier molecular flexibility index (Phi) is 11.0. The molecule has 0 spiro atoms. The molecule has 1 heteroatoms. The molecule has 2 saturated carbocycles. The molecule has 2 fully saturated rings. The van der Waals surface area contributed by atoms with Gasteiger partial charge in [0.05, 0.1) is 6.61 Å². The van der Waals surface area contributed by atoms with E-state index in [0.717, 1.165) is 12.3 Å². The van der Waals surface area contributed by atoms with Crippen molar-refractivity contribution in [1.82, 2.24) is 0 Å². The van der Waals surface area contributed by atoms with Crippen LogP contribution in [0.3, 0.4) is 0 Å². The van der Waals surface area contributed by atoms with Gasteiger partial charge in [-0.2, -0.15) is 0 Å². The van der Waals surface area contributed by atoms with Gasteiger partial charge in [-0.05, 0) is 68.1 Å². The van der Waals surface area contributed by atoms with E-state index in [-0.39, 0.29) is 6.61 Å². The molecule has 0 aromatic carbocycles. The fourth-order valence-electron chi connectivity index (χ4n) is 5.44. The largest absolute Gasteiger partial charge is 0.392 e. The number of allylic oxidation sites excluding steroid dienone is 2. The van der Waals surface area contributed by atoms with E-state index >= 15 is 0 Å². The zero-order valence-electron chi connectivity index (χ0n) is 18.5. The minimum Gasteiger partial charge on any atom is -0.392 e. The maximum atomic E-state index is 9.04. The monoisotopic (exact) mass is 350 g/mol. The lowest BCUT2D eigenvalue weighted by Crippen LogP contribution is -2.49. The molecular weight excluding hydrogens is 304 g/mol. The predicted molar refractivity (Wildman–Crippen MR) is 114 cm³/mol. The van der Waals surface area contributed by atoms with Crippen LogP contribution in [0.1, 0.15) is 100 Å². The molecule has 0 aromatic heterocycles. The molecule has 1 nitrogen and oxygen atoms in total. The molecule has 3 atom stereocenters. The van der Waals surface area contributed by atoms with Crippen LogP contribution in [0.25, 0.3) is 0 Å². The zero-order chi connectivity index (χ0) is 19.7. The van der Waals surface area contributed by atoms with Crippen LogP contribution in [0, 0.1) is 22.7 Å². The van der Waals surface area contributed by atoms with Gasteiger partial charge in [-0.1, -0.05) is 78.7 Å². The molecule has 0 radical (unpaired) electrons. The Balaban J connectivity index is 0.00000134. The van der Waals surface area contributed by atoms with E-state index in [0.29, 0.717) is 16.7 Å². The van der Waals surface area contributed by atoms with Gasteiger partial charge in [0, 0.05) is 0 Å². The van der Waals surface area contributed by atoms with E-state index in [1.165, 1.54) is 49.7 Å². The van der Waals surface area contributed by atoms with Crippen LogP contribution in [-0.2, 0) is 0 Å². The molecule has 0 heterocycles. The van der Waals surface area contributed by atoms with Gasteiger partial charge in [-0.3, -0.25) is 0 Å². The van der Waals surface area contributed by atoms with Gasteiger partial charge in [0.1, 0.15) is 0 Å². The molecule has 3 unspecified atom stereocenters. The first-order valence-electron chi connectivity index (χ1n) is 10.8. The average Bonchev–Trinajstić information content (AvgIpc) is 2.57. The number of aliphatic hydroxyl groups is 1. The molecule has 0 saturated heterocycles. The second-order valence-electron chi connectivity index (χ2n) is 8.42. The Morgan fingerprint density at radius 2 is 1.76 bits per heavy atom. The quantitative estimate of drug-likeness (QED) is 0.519. The molecule has 0 amide bonds. The van der Waals surface area contributed by atoms with Crippen molar-refractivity contribution in [1.29, 1.82) is 0 Å². The van der Waals surface area contributed by atoms with Crippen LogP contribution < -0.4 is 0 Å². The van der Waals surface area contributed by atoms with Crippen LogP contribution in [0.5, 0.6) is 0 Å². The Bertz CT molecular complexity index is 418. The number of hydrogen-bond donors (Lipinski definition) is 1. The van der Waals surface area contributed by atoms with Crippen LogP contribution in [0.15, 0.2) is 23.8 Å². The van der Waals surface area contributed by atoms with Crippen molar-refractivity contribution in [2.24, 2.45) is 22.7 Å². The summed E-state index contributed by atoms with van der Waals surface area (Å²) in [5.74, 6) is 1.51. The highest BCUT2D eigenvalue weighted by Gasteiger charge is 2.52. The molecule has 0 aliphatic heterocycles. The second-order valence-corrected chi connectivity index (χ2v) is 8.42. The summed E-state index contributed by atoms with van der Waals surface area (Å²) in [6.07, 6.45) is 11.0. The van der Waals surface area contributed by atoms with Gasteiger partial charge in [-0.25, -0.2) is 0 Å². The molecule has 0 aromatic rings. The molecule has 148 valence electrons. The van der Waals surface area contributed by atoms with Gasteiger partial charge >= 0.3 is 0 Å². The first-order chi connectivity index (χ1) is 11.8. The zero-order valence-corrected chi connectivity index (χ0v) is 18.5. The minimum absolute atomic E-state index is 0.171. The summed E-state index contributed by atoms with van der Waals surface area (Å²) >= 11 is 0. The molecule has 25 heavy (non-hydrogen) atoms. The van der Waals surface area contributed by atoms with E-state index in [4.69, 9.17) is 5.11 Å². The summed E-state index contributed by atoms with van der Waals surface area (Å²) in [5, 5.41) is 9.04. The fraction of sp³-hybridized carbons (Fsp3) is 0.833. The third-order valence-corrected chi connectivity index (χ3v) is 6.59. The van der Waals surface area contributed by atoms with E-state index in [9.17, 15) is 0 Å². The highest BCUT2D eigenvalue weighted by atomic mass is 16.2. The first kappa shape index (κ1) is 24.4. The summed E-state index contributed by atoms with van der Waals surface area (Å²) in [6.45, 7) is 22.3. The number of rotatable bonds is 4. The van der Waals surface area contributed by atoms with Crippen molar-refractivity contribution >= 4 is 0 Å². The molecule has 2 rings (SSSR count). The molecule has 1 N–H and O–H groups in total. The van der Waals surface area contributed by atoms with Crippen molar-refractivity contribution < 1.29 is 5.11 Å². The lowest BCUT2D eigenvalue weighted by atomic mass is 9.47. The van der Waals surface area contributed by atoms with E-state index in [2.05, 4.69) is 34.3 Å². The number of aliphatic hydroxyl groups excluding tert-OH is 1. The normalized spacial score (nSPS) is 31.1. The van der Waals surface area contributed by atoms with Gasteiger partial charge in [0.2, 0.25) is 0 Å². The Hall–Kier alpha value is -0.560. The summed E-state index contributed by atoms with van der Waals surface area (Å²) in [7, 11) is 0. The van der Waals surface area contributed by atoms with Gasteiger partial charge in [0.25, 0.3) is 0 Å². The van der Waals surface area contributed by atoms with Gasteiger partial charge in [-0.15, -0.1) is 0 Å². The van der Waals surface area contributed by atoms with Crippen molar-refractivity contribution in [3.63, 3.8) is 0 Å². The van der Waals surface area contributed by atoms with Crippen LogP contribution >= 0.6 is 0 Å². The van der Waals surface area contributed by atoms with E-state index in [1.807, 2.05) is 33.8 Å². The Morgan fingerprint density at radius 3 is 2.32 bits per heavy atom. The predicted octanol–water partition coefficient (Wildman–Crippen LogP) is 7.56. The van der Waals surface area contributed by atoms with Crippen molar-refractivity contribution in [3.8, 4) is 0 Å². The van der Waals surface area contributed by atoms with Crippen molar-refractivity contribution in [3.05, 3.63) is 23.8 Å². The standard InChI is InChI=1S/C20H34O.2C2H6/c1-15(11-14-21)7-9-17-16(2)8-10-18-19(3,4)12-6-13-20(17,18)5;2*1-2/h11,17-18,21H,2,6-10,12-14H2,1,3-5H3;2*1-2H3/b15-11+;;. The second kappa shape index (κ2) is 11.2. The summed E-state index contributed by atoms with van der Waals surface area (Å²) in [6, 6.07) is 0. The molecule has 2 aliphatic rings. The van der Waals surface area contributed by atoms with Crippen molar-refractivity contribution in [2.45, 2.75) is 100 Å². The first-order valence-corrected chi connectivity index (χ1v) is 10.8. The summed E-state index contributed by atoms with van der Waals surface area (Å²) < 4.78 is 0. The smallest absolute Gasteiger partial charge is 0.0614 e. The summed E-state index contributed by atoms with van der Waals surface area (Å²) in [5.41, 5.74) is 3.74. The molecular formula is C24H46O. The lowest BCUT2D eigenvalue weighted by Gasteiger charge is -2.58. The van der Waals surface area contributed by atoms with Crippen LogP contribution in [-0.4, -0.2) is 11.7 Å². The number of fused-ring (bicyclic) bond motifs is 1. The molecule has 2 aliphatic carbocycles. The highest BCUT2D eigenvalue weighted by molar-refractivity contribution is 5.16. The van der Waals surface area contributed by atoms with E-state index < -0.39 is 0 Å². The Morgan fingerprint density at radius 1 is 1.16 bits per heavy atom. The van der Waals surface area contributed by atoms with Crippen LogP contribution in [0.2, 0.25) is 0 Å². The average molecular weight is 351 g/mol. The molecule has 0 bridgehead atoms. The fourth-order valence-corrected chi connectivity index (χ4v) is 5.44. The Labute approximate surface area is 159 Å². The summed E-state index contributed by atoms with van der Waals surface area (Å²) in [4.78, 5) is 0. The third-order valence-electron chi connectivity index (χ3n) is 6.59.